The van der Waals surface area contributed by atoms with Crippen LogP contribution in [0.15, 0.2) is 0 Å². The molecule has 1 aliphatic rings. The summed E-state index contributed by atoms with van der Waals surface area (Å²) in [4.78, 5) is 0. The number of hydrogen-bond donors (Lipinski definition) is 1. The Kier molecular flexibility index (Phi) is 8.70. The van der Waals surface area contributed by atoms with Gasteiger partial charge < -0.3 is 10.1 Å². The molecular formula is C16H33NO. The second-order valence-corrected chi connectivity index (χ2v) is 6.22. The Morgan fingerprint density at radius 3 is 2.67 bits per heavy atom. The molecule has 1 N–H and O–H groups in total. The van der Waals surface area contributed by atoms with Gasteiger partial charge in [0.25, 0.3) is 0 Å². The predicted molar refractivity (Wildman–Crippen MR) is 78.9 cm³/mol. The van der Waals surface area contributed by atoms with Gasteiger partial charge >= 0.3 is 0 Å². The summed E-state index contributed by atoms with van der Waals surface area (Å²) < 4.78 is 5.76. The van der Waals surface area contributed by atoms with Gasteiger partial charge in [-0.15, -0.1) is 0 Å². The van der Waals surface area contributed by atoms with Crippen molar-refractivity contribution in [2.45, 2.75) is 71.8 Å². The topological polar surface area (TPSA) is 21.3 Å². The Hall–Kier alpha value is -0.0800. The van der Waals surface area contributed by atoms with Crippen LogP contribution in [-0.4, -0.2) is 25.8 Å². The zero-order valence-corrected chi connectivity index (χ0v) is 12.7. The fourth-order valence-electron chi connectivity index (χ4n) is 2.88. The molecule has 0 bridgehead atoms. The molecule has 2 nitrogen and oxygen atoms in total. The molecule has 0 radical (unpaired) electrons. The number of hydrogen-bond acceptors (Lipinski definition) is 2. The van der Waals surface area contributed by atoms with Crippen molar-refractivity contribution in [2.24, 2.45) is 11.8 Å². The van der Waals surface area contributed by atoms with Crippen molar-refractivity contribution in [3.63, 3.8) is 0 Å². The Morgan fingerprint density at radius 2 is 1.94 bits per heavy atom. The lowest BCUT2D eigenvalue weighted by molar-refractivity contribution is 0.0917. The van der Waals surface area contributed by atoms with Crippen LogP contribution in [-0.2, 0) is 4.74 Å². The molecule has 0 spiro atoms. The lowest BCUT2D eigenvalue weighted by atomic mass is 9.91. The molecule has 0 aromatic heterocycles. The molecule has 0 aliphatic heterocycles. The van der Waals surface area contributed by atoms with E-state index in [2.05, 4.69) is 26.1 Å². The molecule has 2 atom stereocenters. The van der Waals surface area contributed by atoms with E-state index in [9.17, 15) is 0 Å². The summed E-state index contributed by atoms with van der Waals surface area (Å²) in [5.74, 6) is 1.50. The van der Waals surface area contributed by atoms with E-state index in [4.69, 9.17) is 4.74 Å². The second kappa shape index (κ2) is 9.80. The van der Waals surface area contributed by atoms with Gasteiger partial charge in [-0.05, 0) is 44.1 Å². The Balaban J connectivity index is 2.27. The zero-order valence-electron chi connectivity index (χ0n) is 12.7. The van der Waals surface area contributed by atoms with Gasteiger partial charge in [-0.1, -0.05) is 40.0 Å². The van der Waals surface area contributed by atoms with Gasteiger partial charge in [0.05, 0.1) is 0 Å². The number of ether oxygens (including phenoxy) is 1. The van der Waals surface area contributed by atoms with Gasteiger partial charge in [-0.3, -0.25) is 0 Å². The molecule has 1 fully saturated rings. The van der Waals surface area contributed by atoms with Gasteiger partial charge in [0.15, 0.2) is 0 Å². The summed E-state index contributed by atoms with van der Waals surface area (Å²) in [5.41, 5.74) is 0. The normalized spacial score (nSPS) is 25.3. The lowest BCUT2D eigenvalue weighted by Crippen LogP contribution is -2.36. The minimum atomic E-state index is 0.660. The van der Waals surface area contributed by atoms with Crippen molar-refractivity contribution >= 4 is 0 Å². The molecule has 2 unspecified atom stereocenters. The van der Waals surface area contributed by atoms with Crippen LogP contribution in [0.4, 0.5) is 0 Å². The first-order valence-corrected chi connectivity index (χ1v) is 8.05. The molecule has 1 saturated carbocycles. The highest BCUT2D eigenvalue weighted by molar-refractivity contribution is 4.79. The first kappa shape index (κ1) is 16.0. The van der Waals surface area contributed by atoms with E-state index in [0.29, 0.717) is 5.92 Å². The van der Waals surface area contributed by atoms with Crippen molar-refractivity contribution in [1.82, 2.24) is 5.32 Å². The summed E-state index contributed by atoms with van der Waals surface area (Å²) in [6.45, 7) is 9.74. The van der Waals surface area contributed by atoms with Gasteiger partial charge in [0.2, 0.25) is 0 Å². The number of rotatable bonds is 8. The van der Waals surface area contributed by atoms with Crippen molar-refractivity contribution in [3.05, 3.63) is 0 Å². The summed E-state index contributed by atoms with van der Waals surface area (Å²) in [6.07, 6.45) is 9.50. The average Bonchev–Trinajstić information content (AvgIpc) is 2.57. The van der Waals surface area contributed by atoms with Crippen molar-refractivity contribution < 1.29 is 4.74 Å². The molecule has 0 heterocycles. The molecule has 18 heavy (non-hydrogen) atoms. The molecule has 0 aromatic carbocycles. The van der Waals surface area contributed by atoms with Gasteiger partial charge in [0.1, 0.15) is 0 Å². The van der Waals surface area contributed by atoms with Gasteiger partial charge in [-0.2, -0.15) is 0 Å². The van der Waals surface area contributed by atoms with Crippen LogP contribution < -0.4 is 5.32 Å². The van der Waals surface area contributed by atoms with Crippen LogP contribution in [0.3, 0.4) is 0 Å². The van der Waals surface area contributed by atoms with Crippen LogP contribution in [0.25, 0.3) is 0 Å². The Bertz CT molecular complexity index is 194. The highest BCUT2D eigenvalue weighted by Crippen LogP contribution is 2.26. The van der Waals surface area contributed by atoms with E-state index in [1.165, 1.54) is 51.5 Å². The maximum absolute atomic E-state index is 5.76. The van der Waals surface area contributed by atoms with E-state index in [1.54, 1.807) is 0 Å². The van der Waals surface area contributed by atoms with E-state index < -0.39 is 0 Å². The minimum absolute atomic E-state index is 0.660. The summed E-state index contributed by atoms with van der Waals surface area (Å²) in [6, 6.07) is 0.745. The van der Waals surface area contributed by atoms with E-state index in [1.807, 2.05) is 0 Å². The first-order valence-electron chi connectivity index (χ1n) is 8.05. The summed E-state index contributed by atoms with van der Waals surface area (Å²) in [5, 5.41) is 3.76. The number of nitrogens with one attached hydrogen (secondary N) is 1. The summed E-state index contributed by atoms with van der Waals surface area (Å²) in [7, 11) is 0. The third-order valence-corrected chi connectivity index (χ3v) is 3.90. The van der Waals surface area contributed by atoms with E-state index in [0.717, 1.165) is 25.2 Å². The lowest BCUT2D eigenvalue weighted by Gasteiger charge is -2.26. The fraction of sp³-hybridized carbons (Fsp3) is 1.00. The molecule has 0 aromatic rings. The fourth-order valence-corrected chi connectivity index (χ4v) is 2.88. The molecule has 2 heteroatoms. The van der Waals surface area contributed by atoms with Crippen LogP contribution in [0.5, 0.6) is 0 Å². The molecular weight excluding hydrogens is 222 g/mol. The van der Waals surface area contributed by atoms with E-state index in [-0.39, 0.29) is 0 Å². The minimum Gasteiger partial charge on any atom is -0.381 e. The highest BCUT2D eigenvalue weighted by atomic mass is 16.5. The Labute approximate surface area is 114 Å². The average molecular weight is 255 g/mol. The zero-order chi connectivity index (χ0) is 13.2. The maximum atomic E-state index is 5.76. The van der Waals surface area contributed by atoms with Crippen molar-refractivity contribution in [1.29, 1.82) is 0 Å². The quantitative estimate of drug-likeness (QED) is 0.523. The second-order valence-electron chi connectivity index (χ2n) is 6.22. The third-order valence-electron chi connectivity index (χ3n) is 3.90. The molecule has 108 valence electrons. The molecule has 1 aliphatic carbocycles. The van der Waals surface area contributed by atoms with E-state index >= 15 is 0 Å². The SMILES string of the molecule is CCCNC1CCCCCC1CCOCC(C)C. The van der Waals surface area contributed by atoms with Crippen LogP contribution in [0.2, 0.25) is 0 Å². The summed E-state index contributed by atoms with van der Waals surface area (Å²) >= 11 is 0. The molecule has 0 amide bonds. The van der Waals surface area contributed by atoms with Crippen LogP contribution in [0.1, 0.15) is 65.7 Å². The third kappa shape index (κ3) is 6.75. The maximum Gasteiger partial charge on any atom is 0.0488 e. The van der Waals surface area contributed by atoms with Gasteiger partial charge in [-0.25, -0.2) is 0 Å². The van der Waals surface area contributed by atoms with Crippen molar-refractivity contribution in [3.8, 4) is 0 Å². The smallest absolute Gasteiger partial charge is 0.0488 e. The van der Waals surface area contributed by atoms with Crippen molar-refractivity contribution in [2.75, 3.05) is 19.8 Å². The molecule has 1 rings (SSSR count). The predicted octanol–water partition coefficient (Wildman–Crippen LogP) is 4.00. The van der Waals surface area contributed by atoms with Gasteiger partial charge in [0, 0.05) is 19.3 Å². The standard InChI is InChI=1S/C16H33NO/c1-4-11-17-16-9-7-5-6-8-15(16)10-12-18-13-14(2)3/h14-17H,4-13H2,1-3H3. The monoisotopic (exact) mass is 255 g/mol. The molecule has 0 saturated heterocycles. The first-order chi connectivity index (χ1) is 8.74. The van der Waals surface area contributed by atoms with Crippen LogP contribution >= 0.6 is 0 Å². The highest BCUT2D eigenvalue weighted by Gasteiger charge is 2.22. The largest absolute Gasteiger partial charge is 0.381 e. The Morgan fingerprint density at radius 1 is 1.17 bits per heavy atom. The van der Waals surface area contributed by atoms with Crippen LogP contribution in [0, 0.1) is 11.8 Å².